The number of carbonyl (C=O) groups is 3. The van der Waals surface area contributed by atoms with Gasteiger partial charge in [0.2, 0.25) is 0 Å². The summed E-state index contributed by atoms with van der Waals surface area (Å²) in [5.74, 6) is 12.5. The van der Waals surface area contributed by atoms with E-state index in [2.05, 4.69) is 29.0 Å². The quantitative estimate of drug-likeness (QED) is 0.0650. The molecule has 0 unspecified atom stereocenters. The average Bonchev–Trinajstić information content (AvgIpc) is 3.12. The fourth-order valence-electron chi connectivity index (χ4n) is 4.88. The van der Waals surface area contributed by atoms with Crippen LogP contribution in [0.2, 0.25) is 0 Å². The van der Waals surface area contributed by atoms with E-state index in [1.807, 2.05) is 121 Å². The molecule has 0 radical (unpaired) electrons. The number of hydrogen-bond donors (Lipinski definition) is 1. The van der Waals surface area contributed by atoms with Crippen LogP contribution in [0.5, 0.6) is 0 Å². The Morgan fingerprint density at radius 3 is 1.71 bits per heavy atom. The fraction of sp³-hybridized carbons (Fsp3) is 0.146. The van der Waals surface area contributed by atoms with Crippen LogP contribution in [0.3, 0.4) is 0 Å². The van der Waals surface area contributed by atoms with E-state index in [1.165, 1.54) is 0 Å². The Balaban J connectivity index is 1.44. The van der Waals surface area contributed by atoms with E-state index in [0.29, 0.717) is 0 Å². The van der Waals surface area contributed by atoms with E-state index >= 15 is 0 Å². The van der Waals surface area contributed by atoms with Crippen LogP contribution in [-0.2, 0) is 30.4 Å². The molecular formula is C41H31NO6. The molecule has 5 rings (SSSR count). The second kappa shape index (κ2) is 16.2. The van der Waals surface area contributed by atoms with Crippen molar-refractivity contribution in [2.75, 3.05) is 13.2 Å². The van der Waals surface area contributed by atoms with Gasteiger partial charge in [-0.05, 0) is 51.4 Å². The smallest absolute Gasteiger partial charge is 0.408 e. The Morgan fingerprint density at radius 1 is 0.625 bits per heavy atom. The number of benzene rings is 5. The monoisotopic (exact) mass is 633 g/mol. The molecule has 0 bridgehead atoms. The molecule has 7 heteroatoms. The van der Waals surface area contributed by atoms with Gasteiger partial charge in [-0.3, -0.25) is 0 Å². The fourth-order valence-corrected chi connectivity index (χ4v) is 4.88. The van der Waals surface area contributed by atoms with Crippen molar-refractivity contribution in [3.63, 3.8) is 0 Å². The Hall–Kier alpha value is -6.49. The highest BCUT2D eigenvalue weighted by Crippen LogP contribution is 2.21. The molecular weight excluding hydrogens is 602 g/mol. The Bertz CT molecular complexity index is 2010. The van der Waals surface area contributed by atoms with Gasteiger partial charge >= 0.3 is 18.0 Å². The number of amides is 1. The summed E-state index contributed by atoms with van der Waals surface area (Å²) >= 11 is 0. The highest BCUT2D eigenvalue weighted by molar-refractivity contribution is 5.88. The Morgan fingerprint density at radius 2 is 1.15 bits per heavy atom. The molecule has 0 saturated carbocycles. The lowest BCUT2D eigenvalue weighted by molar-refractivity contribution is -0.155. The third-order valence-corrected chi connectivity index (χ3v) is 7.36. The summed E-state index contributed by atoms with van der Waals surface area (Å²) in [6.45, 7) is -0.592. The molecule has 1 N–H and O–H groups in total. The van der Waals surface area contributed by atoms with Crippen molar-refractivity contribution in [3.05, 3.63) is 132 Å². The first-order valence-corrected chi connectivity index (χ1v) is 15.2. The summed E-state index contributed by atoms with van der Waals surface area (Å²) in [5.41, 5.74) is 0.484. The maximum Gasteiger partial charge on any atom is 0.408 e. The molecule has 5 aromatic carbocycles. The van der Waals surface area contributed by atoms with Gasteiger partial charge in [0.05, 0.1) is 0 Å². The van der Waals surface area contributed by atoms with Crippen molar-refractivity contribution in [2.24, 2.45) is 0 Å². The van der Waals surface area contributed by atoms with Gasteiger partial charge in [0, 0.05) is 29.9 Å². The number of carbonyl (C=O) groups excluding carboxylic acids is 3. The average molecular weight is 634 g/mol. The largest absolute Gasteiger partial charge is 0.460 e. The molecule has 0 spiro atoms. The van der Waals surface area contributed by atoms with E-state index in [0.717, 1.165) is 38.2 Å². The van der Waals surface area contributed by atoms with Gasteiger partial charge in [-0.1, -0.05) is 115 Å². The van der Waals surface area contributed by atoms with Crippen LogP contribution in [0, 0.1) is 36.0 Å². The van der Waals surface area contributed by atoms with Gasteiger partial charge < -0.3 is 19.5 Å². The van der Waals surface area contributed by atoms with Gasteiger partial charge in [0.25, 0.3) is 0 Å². The van der Waals surface area contributed by atoms with E-state index in [-0.39, 0.29) is 32.7 Å². The molecule has 48 heavy (non-hydrogen) atoms. The number of ether oxygens (including phenoxy) is 3. The highest BCUT2D eigenvalue weighted by Gasteiger charge is 2.41. The zero-order chi connectivity index (χ0) is 33.6. The predicted octanol–water partition coefficient (Wildman–Crippen LogP) is 6.56. The zero-order valence-corrected chi connectivity index (χ0v) is 26.0. The highest BCUT2D eigenvalue weighted by atomic mass is 16.6. The molecule has 0 aliphatic rings. The van der Waals surface area contributed by atoms with Crippen LogP contribution in [0.4, 0.5) is 4.79 Å². The first kappa shape index (κ1) is 32.9. The number of esters is 2. The first-order valence-electron chi connectivity index (χ1n) is 15.2. The number of rotatable bonds is 9. The Labute approximate surface area is 279 Å². The summed E-state index contributed by atoms with van der Waals surface area (Å²) in [6, 6.07) is 36.5. The number of nitrogens with one attached hydrogen (secondary N) is 1. The molecule has 0 atom stereocenters. The minimum absolute atomic E-state index is 0.0224. The van der Waals surface area contributed by atoms with Crippen molar-refractivity contribution in [1.29, 1.82) is 0 Å². The van der Waals surface area contributed by atoms with E-state index in [9.17, 15) is 14.4 Å². The summed E-state index contributed by atoms with van der Waals surface area (Å²) in [4.78, 5) is 38.4. The zero-order valence-electron chi connectivity index (χ0n) is 26.0. The van der Waals surface area contributed by atoms with Gasteiger partial charge in [-0.15, -0.1) is 6.42 Å². The van der Waals surface area contributed by atoms with Crippen molar-refractivity contribution in [2.45, 2.75) is 25.0 Å². The summed E-state index contributed by atoms with van der Waals surface area (Å²) in [6.07, 6.45) is 3.88. The van der Waals surface area contributed by atoms with Crippen molar-refractivity contribution >= 4 is 39.6 Å². The molecule has 0 aromatic heterocycles. The molecule has 0 fully saturated rings. The summed E-state index contributed by atoms with van der Waals surface area (Å²) in [7, 11) is 0. The third kappa shape index (κ3) is 9.04. The van der Waals surface area contributed by atoms with Gasteiger partial charge in [0.1, 0.15) is 19.8 Å². The number of terminal acetylenes is 1. The van der Waals surface area contributed by atoms with E-state index in [1.54, 1.807) is 0 Å². The van der Waals surface area contributed by atoms with Crippen molar-refractivity contribution in [1.82, 2.24) is 5.32 Å². The van der Waals surface area contributed by atoms with Crippen molar-refractivity contribution in [3.8, 4) is 36.0 Å². The second-order valence-corrected chi connectivity index (χ2v) is 10.8. The Kier molecular flexibility index (Phi) is 11.1. The first-order chi connectivity index (χ1) is 23.4. The lowest BCUT2D eigenvalue weighted by atomic mass is 9.91. The van der Waals surface area contributed by atoms with Gasteiger partial charge in [-0.2, -0.15) is 0 Å². The normalized spacial score (nSPS) is 10.4. The molecule has 1 amide bonds. The molecule has 236 valence electrons. The molecule has 0 aliphatic heterocycles. The number of fused-ring (bicyclic) bond motifs is 2. The number of hydrogen-bond acceptors (Lipinski definition) is 6. The SMILES string of the molecule is C#CC(=O)OCCOC(=O)C(CC#Cc1ccc2ccccc2c1)(CC#Cc1ccc2ccccc2c1)NC(=O)OCc1ccccc1. The minimum Gasteiger partial charge on any atom is -0.460 e. The topological polar surface area (TPSA) is 90.9 Å². The van der Waals surface area contributed by atoms with Crippen LogP contribution >= 0.6 is 0 Å². The molecule has 0 aliphatic carbocycles. The van der Waals surface area contributed by atoms with Crippen LogP contribution in [0.25, 0.3) is 21.5 Å². The van der Waals surface area contributed by atoms with Gasteiger partial charge in [0.15, 0.2) is 5.54 Å². The maximum atomic E-state index is 13.8. The van der Waals surface area contributed by atoms with Gasteiger partial charge in [-0.25, -0.2) is 14.4 Å². The summed E-state index contributed by atoms with van der Waals surface area (Å²) in [5, 5.41) is 6.88. The van der Waals surface area contributed by atoms with E-state index in [4.69, 9.17) is 20.6 Å². The third-order valence-electron chi connectivity index (χ3n) is 7.36. The molecule has 5 aromatic rings. The molecule has 7 nitrogen and oxygen atoms in total. The summed E-state index contributed by atoms with van der Waals surface area (Å²) < 4.78 is 15.8. The maximum absolute atomic E-state index is 13.8. The van der Waals surface area contributed by atoms with Crippen LogP contribution in [-0.4, -0.2) is 36.8 Å². The van der Waals surface area contributed by atoms with Crippen molar-refractivity contribution < 1.29 is 28.6 Å². The van der Waals surface area contributed by atoms with Crippen LogP contribution < -0.4 is 5.32 Å². The molecule has 0 saturated heterocycles. The number of alkyl carbamates (subject to hydrolysis) is 1. The van der Waals surface area contributed by atoms with Crippen LogP contribution in [0.15, 0.2) is 115 Å². The molecule has 0 heterocycles. The van der Waals surface area contributed by atoms with Crippen LogP contribution in [0.1, 0.15) is 29.5 Å². The predicted molar refractivity (Wildman–Crippen MR) is 184 cm³/mol. The van der Waals surface area contributed by atoms with E-state index < -0.39 is 23.6 Å². The lowest BCUT2D eigenvalue weighted by Crippen LogP contribution is -2.55. The second-order valence-electron chi connectivity index (χ2n) is 10.8. The minimum atomic E-state index is -1.74. The lowest BCUT2D eigenvalue weighted by Gasteiger charge is -2.28. The standard InChI is InChI=1S/C41H31NO6/c1-2-38(43)46-26-27-47-39(44)41(42-40(45)48-30-33-12-4-3-5-13-33,24-10-14-31-20-22-34-16-6-8-18-36(34)28-31)25-11-15-32-21-23-35-17-7-9-19-37(35)29-32/h1,3-9,12-13,16-23,28-29H,24-27,30H2,(H,42,45).